The first-order valence-electron chi connectivity index (χ1n) is 7.86. The molecule has 0 bridgehead atoms. The summed E-state index contributed by atoms with van der Waals surface area (Å²) >= 11 is 0. The lowest BCUT2D eigenvalue weighted by Gasteiger charge is -2.14. The molecular formula is C21H17FO3. The van der Waals surface area contributed by atoms with Crippen LogP contribution in [0.2, 0.25) is 0 Å². The highest BCUT2D eigenvalue weighted by Crippen LogP contribution is 2.34. The Morgan fingerprint density at radius 1 is 1.00 bits per heavy atom. The Kier molecular flexibility index (Phi) is 4.80. The summed E-state index contributed by atoms with van der Waals surface area (Å²) < 4.78 is 19.8. The molecule has 0 atom stereocenters. The van der Waals surface area contributed by atoms with Gasteiger partial charge in [0.1, 0.15) is 18.2 Å². The van der Waals surface area contributed by atoms with Gasteiger partial charge in [-0.2, -0.15) is 0 Å². The molecule has 126 valence electrons. The fourth-order valence-corrected chi connectivity index (χ4v) is 2.68. The van der Waals surface area contributed by atoms with Crippen LogP contribution >= 0.6 is 0 Å². The molecule has 0 aliphatic carbocycles. The number of halogens is 1. The van der Waals surface area contributed by atoms with E-state index in [2.05, 4.69) is 0 Å². The van der Waals surface area contributed by atoms with Gasteiger partial charge in [0.2, 0.25) is 0 Å². The van der Waals surface area contributed by atoms with E-state index in [1.807, 2.05) is 54.6 Å². The van der Waals surface area contributed by atoms with Crippen molar-refractivity contribution >= 4 is 5.97 Å². The van der Waals surface area contributed by atoms with Crippen LogP contribution in [0.3, 0.4) is 0 Å². The summed E-state index contributed by atoms with van der Waals surface area (Å²) in [6.45, 7) is 2.14. The zero-order valence-corrected chi connectivity index (χ0v) is 13.7. The summed E-state index contributed by atoms with van der Waals surface area (Å²) in [4.78, 5) is 11.2. The van der Waals surface area contributed by atoms with Crippen LogP contribution in [-0.2, 0) is 6.61 Å². The van der Waals surface area contributed by atoms with E-state index in [1.165, 1.54) is 12.1 Å². The number of rotatable bonds is 5. The number of para-hydroxylation sites is 1. The zero-order chi connectivity index (χ0) is 17.8. The normalized spacial score (nSPS) is 10.5. The minimum atomic E-state index is -1.29. The van der Waals surface area contributed by atoms with Crippen LogP contribution in [-0.4, -0.2) is 11.1 Å². The average Bonchev–Trinajstić information content (AvgIpc) is 2.61. The van der Waals surface area contributed by atoms with Gasteiger partial charge in [-0.25, -0.2) is 9.18 Å². The van der Waals surface area contributed by atoms with E-state index in [0.29, 0.717) is 23.5 Å². The Bertz CT molecular complexity index is 904. The molecule has 0 unspecified atom stereocenters. The first kappa shape index (κ1) is 16.7. The molecule has 0 amide bonds. The third kappa shape index (κ3) is 3.69. The minimum Gasteiger partial charge on any atom is -0.488 e. The highest BCUT2D eigenvalue weighted by Gasteiger charge is 2.16. The quantitative estimate of drug-likeness (QED) is 0.707. The van der Waals surface area contributed by atoms with Crippen molar-refractivity contribution in [2.45, 2.75) is 13.5 Å². The zero-order valence-electron chi connectivity index (χ0n) is 13.7. The Hall–Kier alpha value is -3.14. The number of carboxylic acids is 1. The van der Waals surface area contributed by atoms with Gasteiger partial charge < -0.3 is 9.84 Å². The molecule has 0 fully saturated rings. The number of ether oxygens (including phenoxy) is 1. The lowest BCUT2D eigenvalue weighted by atomic mass is 9.97. The van der Waals surface area contributed by atoms with Crippen molar-refractivity contribution in [1.82, 2.24) is 0 Å². The Labute approximate surface area is 145 Å². The van der Waals surface area contributed by atoms with Gasteiger partial charge in [-0.05, 0) is 41.8 Å². The van der Waals surface area contributed by atoms with Crippen molar-refractivity contribution in [2.75, 3.05) is 0 Å². The second-order valence-electron chi connectivity index (χ2n) is 5.72. The Morgan fingerprint density at radius 3 is 2.40 bits per heavy atom. The number of benzene rings is 3. The third-order valence-corrected chi connectivity index (χ3v) is 3.96. The summed E-state index contributed by atoms with van der Waals surface area (Å²) in [6.07, 6.45) is 0. The minimum absolute atomic E-state index is 0.349. The van der Waals surface area contributed by atoms with Crippen LogP contribution in [0.4, 0.5) is 4.39 Å². The molecule has 25 heavy (non-hydrogen) atoms. The molecule has 1 N–H and O–H groups in total. The van der Waals surface area contributed by atoms with E-state index in [1.54, 1.807) is 6.92 Å². The van der Waals surface area contributed by atoms with Crippen molar-refractivity contribution in [2.24, 2.45) is 0 Å². The van der Waals surface area contributed by atoms with Gasteiger partial charge in [-0.1, -0.05) is 48.5 Å². The van der Waals surface area contributed by atoms with Crippen molar-refractivity contribution < 1.29 is 19.0 Å². The molecule has 3 rings (SSSR count). The highest BCUT2D eigenvalue weighted by molar-refractivity contribution is 5.90. The summed E-state index contributed by atoms with van der Waals surface area (Å²) in [6, 6.07) is 19.7. The second kappa shape index (κ2) is 7.18. The van der Waals surface area contributed by atoms with Gasteiger partial charge >= 0.3 is 5.97 Å². The van der Waals surface area contributed by atoms with Crippen molar-refractivity contribution in [3.05, 3.63) is 89.2 Å². The van der Waals surface area contributed by atoms with Crippen LogP contribution in [0.25, 0.3) is 11.1 Å². The fourth-order valence-electron chi connectivity index (χ4n) is 2.68. The lowest BCUT2D eigenvalue weighted by Crippen LogP contribution is -2.03. The number of hydrogen-bond acceptors (Lipinski definition) is 2. The van der Waals surface area contributed by atoms with Crippen LogP contribution in [0, 0.1) is 12.7 Å². The molecule has 3 aromatic rings. The third-order valence-electron chi connectivity index (χ3n) is 3.96. The van der Waals surface area contributed by atoms with Gasteiger partial charge in [-0.3, -0.25) is 0 Å². The maximum Gasteiger partial charge on any atom is 0.338 e. The molecule has 3 aromatic carbocycles. The molecule has 3 nitrogen and oxygen atoms in total. The molecule has 0 radical (unpaired) electrons. The Balaban J connectivity index is 1.98. The number of hydrogen-bond donors (Lipinski definition) is 1. The molecule has 0 aliphatic rings. The van der Waals surface area contributed by atoms with Gasteiger partial charge in [0.05, 0.1) is 5.56 Å². The summed E-state index contributed by atoms with van der Waals surface area (Å²) in [5, 5.41) is 9.18. The van der Waals surface area contributed by atoms with Crippen molar-refractivity contribution in [3.63, 3.8) is 0 Å². The highest BCUT2D eigenvalue weighted by atomic mass is 19.1. The molecule has 0 heterocycles. The Morgan fingerprint density at radius 2 is 1.68 bits per heavy atom. The second-order valence-corrected chi connectivity index (χ2v) is 5.72. The van der Waals surface area contributed by atoms with Crippen LogP contribution < -0.4 is 4.74 Å². The van der Waals surface area contributed by atoms with E-state index in [0.717, 1.165) is 11.1 Å². The van der Waals surface area contributed by atoms with Crippen LogP contribution in [0.1, 0.15) is 21.5 Å². The van der Waals surface area contributed by atoms with Gasteiger partial charge in [0, 0.05) is 5.56 Å². The van der Waals surface area contributed by atoms with Crippen LogP contribution in [0.15, 0.2) is 66.7 Å². The van der Waals surface area contributed by atoms with E-state index in [-0.39, 0.29) is 5.56 Å². The van der Waals surface area contributed by atoms with E-state index < -0.39 is 11.8 Å². The number of carbonyl (C=O) groups is 1. The predicted molar refractivity (Wildman–Crippen MR) is 94.3 cm³/mol. The number of aryl methyl sites for hydroxylation is 1. The molecule has 4 heteroatoms. The van der Waals surface area contributed by atoms with Crippen LogP contribution in [0.5, 0.6) is 5.75 Å². The molecule has 0 aromatic heterocycles. The van der Waals surface area contributed by atoms with Gasteiger partial charge in [0.15, 0.2) is 0 Å². The smallest absolute Gasteiger partial charge is 0.338 e. The first-order valence-corrected chi connectivity index (χ1v) is 7.86. The standard InChI is InChI=1S/C21H17FO3/c1-14-11-19(22)18(21(23)24)12-17(14)16-9-5-6-10-20(16)25-13-15-7-3-2-4-8-15/h2-12H,13H2,1H3,(H,23,24). The molecule has 0 saturated carbocycles. The van der Waals surface area contributed by atoms with Gasteiger partial charge in [-0.15, -0.1) is 0 Å². The van der Waals surface area contributed by atoms with E-state index >= 15 is 0 Å². The summed E-state index contributed by atoms with van der Waals surface area (Å²) in [5.74, 6) is -1.41. The molecule has 0 aliphatic heterocycles. The summed E-state index contributed by atoms with van der Waals surface area (Å²) in [5.41, 5.74) is 2.71. The SMILES string of the molecule is Cc1cc(F)c(C(=O)O)cc1-c1ccccc1OCc1ccccc1. The maximum absolute atomic E-state index is 13.9. The number of aromatic carboxylic acids is 1. The first-order chi connectivity index (χ1) is 12.1. The maximum atomic E-state index is 13.9. The predicted octanol–water partition coefficient (Wildman–Crippen LogP) is 5.08. The topological polar surface area (TPSA) is 46.5 Å². The van der Waals surface area contributed by atoms with Crippen molar-refractivity contribution in [1.29, 1.82) is 0 Å². The molecule has 0 saturated heterocycles. The largest absolute Gasteiger partial charge is 0.488 e. The van der Waals surface area contributed by atoms with E-state index in [9.17, 15) is 14.3 Å². The monoisotopic (exact) mass is 336 g/mol. The lowest BCUT2D eigenvalue weighted by molar-refractivity contribution is 0.0692. The summed E-state index contributed by atoms with van der Waals surface area (Å²) in [7, 11) is 0. The van der Waals surface area contributed by atoms with Crippen molar-refractivity contribution in [3.8, 4) is 16.9 Å². The molecular weight excluding hydrogens is 319 g/mol. The number of carboxylic acid groups (broad SMARTS) is 1. The molecule has 0 spiro atoms. The fraction of sp³-hybridized carbons (Fsp3) is 0.0952. The average molecular weight is 336 g/mol. The van der Waals surface area contributed by atoms with E-state index in [4.69, 9.17) is 4.74 Å². The van der Waals surface area contributed by atoms with Gasteiger partial charge in [0.25, 0.3) is 0 Å².